The van der Waals surface area contributed by atoms with Crippen LogP contribution in [0.4, 0.5) is 0 Å². The normalized spacial score (nSPS) is 16.9. The molecule has 0 bridgehead atoms. The van der Waals surface area contributed by atoms with Gasteiger partial charge < -0.3 is 10.6 Å². The van der Waals surface area contributed by atoms with Gasteiger partial charge in [-0.05, 0) is 7.05 Å². The number of nitrogens with two attached hydrogens (primary N) is 1. The van der Waals surface area contributed by atoms with Gasteiger partial charge >= 0.3 is 0 Å². The average molecular weight is 217 g/mol. The smallest absolute Gasteiger partial charge is 0.231 e. The van der Waals surface area contributed by atoms with Crippen LogP contribution in [0.25, 0.3) is 0 Å². The van der Waals surface area contributed by atoms with Gasteiger partial charge in [0, 0.05) is 26.2 Å². The molecule has 1 aliphatic rings. The van der Waals surface area contributed by atoms with Crippen LogP contribution >= 0.6 is 0 Å². The second kappa shape index (κ2) is 11.5. The van der Waals surface area contributed by atoms with Crippen LogP contribution < -0.4 is 5.73 Å². The summed E-state index contributed by atoms with van der Waals surface area (Å²) in [4.78, 5) is 14.8. The van der Waals surface area contributed by atoms with E-state index in [0.29, 0.717) is 6.54 Å². The van der Waals surface area contributed by atoms with E-state index in [9.17, 15) is 4.79 Å². The predicted molar refractivity (Wildman–Crippen MR) is 65.8 cm³/mol. The molecule has 0 aromatic heterocycles. The third kappa shape index (κ3) is 9.69. The van der Waals surface area contributed by atoms with Crippen molar-refractivity contribution in [1.82, 2.24) is 9.80 Å². The summed E-state index contributed by atoms with van der Waals surface area (Å²) in [6.45, 7) is 12.4. The van der Waals surface area contributed by atoms with Crippen LogP contribution in [0, 0.1) is 0 Å². The maximum absolute atomic E-state index is 10.5. The molecule has 1 saturated heterocycles. The van der Waals surface area contributed by atoms with Crippen molar-refractivity contribution in [3.63, 3.8) is 0 Å². The summed E-state index contributed by atoms with van der Waals surface area (Å²) in [6, 6.07) is 0. The standard InChI is InChI=1S/C7H15N3O.2C2H6/c1-9-2-4-10(5-3-9)6-7(8)11;2*1-2/h2-6H2,1H3,(H2,8,11);2*1-2H3. The van der Waals surface area contributed by atoms with E-state index in [0.717, 1.165) is 26.2 Å². The second-order valence-electron chi connectivity index (χ2n) is 3.05. The van der Waals surface area contributed by atoms with E-state index in [1.807, 2.05) is 27.7 Å². The van der Waals surface area contributed by atoms with E-state index in [1.54, 1.807) is 0 Å². The van der Waals surface area contributed by atoms with E-state index in [-0.39, 0.29) is 5.91 Å². The minimum absolute atomic E-state index is 0.227. The summed E-state index contributed by atoms with van der Waals surface area (Å²) < 4.78 is 0. The number of primary amides is 1. The van der Waals surface area contributed by atoms with Gasteiger partial charge in [0.1, 0.15) is 0 Å². The van der Waals surface area contributed by atoms with E-state index < -0.39 is 0 Å². The molecule has 1 rings (SSSR count). The van der Waals surface area contributed by atoms with Crippen molar-refractivity contribution in [1.29, 1.82) is 0 Å². The lowest BCUT2D eigenvalue weighted by Crippen LogP contribution is -2.47. The molecular formula is C11H27N3O. The largest absolute Gasteiger partial charge is 0.369 e. The molecule has 0 aliphatic carbocycles. The first-order chi connectivity index (χ1) is 7.18. The zero-order valence-electron chi connectivity index (χ0n) is 10.9. The minimum Gasteiger partial charge on any atom is -0.369 e. The summed E-state index contributed by atoms with van der Waals surface area (Å²) in [5.41, 5.74) is 5.06. The molecule has 0 spiro atoms. The molecule has 4 heteroatoms. The van der Waals surface area contributed by atoms with Crippen molar-refractivity contribution in [3.05, 3.63) is 0 Å². The van der Waals surface area contributed by atoms with Gasteiger partial charge in [0.05, 0.1) is 6.54 Å². The molecule has 15 heavy (non-hydrogen) atoms. The molecule has 1 fully saturated rings. The number of likely N-dealkylation sites (N-methyl/N-ethyl adjacent to an activating group) is 1. The van der Waals surface area contributed by atoms with Crippen molar-refractivity contribution >= 4 is 5.91 Å². The Morgan fingerprint density at radius 2 is 1.47 bits per heavy atom. The lowest BCUT2D eigenvalue weighted by molar-refractivity contribution is -0.119. The summed E-state index contributed by atoms with van der Waals surface area (Å²) >= 11 is 0. The molecule has 1 heterocycles. The summed E-state index contributed by atoms with van der Waals surface area (Å²) in [6.07, 6.45) is 0. The molecule has 0 aromatic carbocycles. The van der Waals surface area contributed by atoms with Crippen molar-refractivity contribution in [3.8, 4) is 0 Å². The van der Waals surface area contributed by atoms with Crippen LogP contribution in [0.3, 0.4) is 0 Å². The first-order valence-electron chi connectivity index (χ1n) is 5.87. The number of piperazine rings is 1. The van der Waals surface area contributed by atoms with Crippen molar-refractivity contribution < 1.29 is 4.79 Å². The first-order valence-corrected chi connectivity index (χ1v) is 5.87. The summed E-state index contributed by atoms with van der Waals surface area (Å²) in [5, 5.41) is 0. The molecule has 2 N–H and O–H groups in total. The highest BCUT2D eigenvalue weighted by Crippen LogP contribution is 1.97. The monoisotopic (exact) mass is 217 g/mol. The van der Waals surface area contributed by atoms with E-state index in [1.165, 1.54) is 0 Å². The van der Waals surface area contributed by atoms with Crippen LogP contribution in [-0.2, 0) is 4.79 Å². The van der Waals surface area contributed by atoms with Gasteiger partial charge in [-0.1, -0.05) is 27.7 Å². The molecule has 0 saturated carbocycles. The highest BCUT2D eigenvalue weighted by molar-refractivity contribution is 5.75. The fourth-order valence-corrected chi connectivity index (χ4v) is 1.23. The Morgan fingerprint density at radius 3 is 1.80 bits per heavy atom. The SMILES string of the molecule is CC.CC.CN1CCN(CC(N)=O)CC1. The summed E-state index contributed by atoms with van der Waals surface area (Å²) in [5.74, 6) is -0.227. The van der Waals surface area contributed by atoms with Gasteiger partial charge in [0.25, 0.3) is 0 Å². The highest BCUT2D eigenvalue weighted by Gasteiger charge is 2.14. The number of carbonyl (C=O) groups is 1. The second-order valence-corrected chi connectivity index (χ2v) is 3.05. The molecule has 1 amide bonds. The van der Waals surface area contributed by atoms with Gasteiger partial charge in [-0.3, -0.25) is 9.69 Å². The van der Waals surface area contributed by atoms with E-state index >= 15 is 0 Å². The Balaban J connectivity index is 0. The number of carbonyl (C=O) groups excluding carboxylic acids is 1. The first kappa shape index (κ1) is 16.8. The van der Waals surface area contributed by atoms with Crippen LogP contribution in [0.5, 0.6) is 0 Å². The Hall–Kier alpha value is -0.610. The number of hydrogen-bond acceptors (Lipinski definition) is 3. The molecule has 0 unspecified atom stereocenters. The Bertz CT molecular complexity index is 143. The molecule has 92 valence electrons. The van der Waals surface area contributed by atoms with Gasteiger partial charge in [-0.2, -0.15) is 0 Å². The Kier molecular flexibility index (Phi) is 12.8. The molecule has 4 nitrogen and oxygen atoms in total. The van der Waals surface area contributed by atoms with Crippen LogP contribution in [0.15, 0.2) is 0 Å². The van der Waals surface area contributed by atoms with Crippen LogP contribution in [0.2, 0.25) is 0 Å². The Morgan fingerprint density at radius 1 is 1.07 bits per heavy atom. The molecule has 0 aromatic rings. The van der Waals surface area contributed by atoms with Gasteiger partial charge in [0.15, 0.2) is 0 Å². The fraction of sp³-hybridized carbons (Fsp3) is 0.909. The highest BCUT2D eigenvalue weighted by atomic mass is 16.1. The van der Waals surface area contributed by atoms with Crippen molar-refractivity contribution in [2.24, 2.45) is 5.73 Å². The van der Waals surface area contributed by atoms with Crippen LogP contribution in [0.1, 0.15) is 27.7 Å². The lowest BCUT2D eigenvalue weighted by Gasteiger charge is -2.31. The molecule has 1 aliphatic heterocycles. The van der Waals surface area contributed by atoms with Crippen molar-refractivity contribution in [2.45, 2.75) is 27.7 Å². The maximum atomic E-state index is 10.5. The predicted octanol–water partition coefficient (Wildman–Crippen LogP) is 0.772. The quantitative estimate of drug-likeness (QED) is 0.743. The van der Waals surface area contributed by atoms with Crippen molar-refractivity contribution in [2.75, 3.05) is 39.8 Å². The topological polar surface area (TPSA) is 49.6 Å². The lowest BCUT2D eigenvalue weighted by atomic mass is 10.3. The molecule has 0 atom stereocenters. The molecule has 0 radical (unpaired) electrons. The van der Waals surface area contributed by atoms with Gasteiger partial charge in [-0.25, -0.2) is 0 Å². The van der Waals surface area contributed by atoms with E-state index in [2.05, 4.69) is 16.8 Å². The Labute approximate surface area is 94.4 Å². The zero-order valence-corrected chi connectivity index (χ0v) is 10.9. The number of amides is 1. The van der Waals surface area contributed by atoms with E-state index in [4.69, 9.17) is 5.73 Å². The van der Waals surface area contributed by atoms with Gasteiger partial charge in [0.2, 0.25) is 5.91 Å². The average Bonchev–Trinajstić information content (AvgIpc) is 2.27. The third-order valence-electron chi connectivity index (χ3n) is 1.98. The number of nitrogens with zero attached hydrogens (tertiary/aromatic N) is 2. The zero-order chi connectivity index (χ0) is 12.3. The molecular weight excluding hydrogens is 190 g/mol. The van der Waals surface area contributed by atoms with Gasteiger partial charge in [-0.15, -0.1) is 0 Å². The third-order valence-corrected chi connectivity index (χ3v) is 1.98. The number of hydrogen-bond donors (Lipinski definition) is 1. The van der Waals surface area contributed by atoms with Crippen LogP contribution in [-0.4, -0.2) is 55.5 Å². The minimum atomic E-state index is -0.227. The fourth-order valence-electron chi connectivity index (χ4n) is 1.23. The number of rotatable bonds is 2. The summed E-state index contributed by atoms with van der Waals surface area (Å²) in [7, 11) is 2.08. The maximum Gasteiger partial charge on any atom is 0.231 e.